The van der Waals surface area contributed by atoms with E-state index in [1.165, 1.54) is 0 Å². The Labute approximate surface area is 111 Å². The first-order chi connectivity index (χ1) is 8.15. The first-order valence-corrected chi connectivity index (χ1v) is 6.22. The second kappa shape index (κ2) is 3.89. The van der Waals surface area contributed by atoms with Gasteiger partial charge in [0.25, 0.3) is 0 Å². The Morgan fingerprint density at radius 3 is 2.82 bits per heavy atom. The first-order valence-electron chi connectivity index (χ1n) is 5.05. The largest absolute Gasteiger partial charge is 0.441 e. The van der Waals surface area contributed by atoms with Crippen LogP contribution >= 0.6 is 27.5 Å². The normalized spacial score (nSPS) is 11.2. The van der Waals surface area contributed by atoms with Crippen molar-refractivity contribution < 1.29 is 4.42 Å². The van der Waals surface area contributed by atoms with Crippen molar-refractivity contribution in [3.05, 3.63) is 45.8 Å². The lowest BCUT2D eigenvalue weighted by atomic mass is 10.3. The van der Waals surface area contributed by atoms with Crippen LogP contribution in [0.3, 0.4) is 0 Å². The molecule has 0 aliphatic rings. The van der Waals surface area contributed by atoms with Gasteiger partial charge in [0.15, 0.2) is 16.8 Å². The van der Waals surface area contributed by atoms with Crippen LogP contribution in [0.5, 0.6) is 0 Å². The van der Waals surface area contributed by atoms with E-state index in [0.717, 1.165) is 21.5 Å². The van der Waals surface area contributed by atoms with Crippen LogP contribution in [0, 0.1) is 6.92 Å². The Morgan fingerprint density at radius 1 is 1.29 bits per heavy atom. The molecule has 3 heterocycles. The molecule has 0 saturated carbocycles. The number of rotatable bonds is 1. The van der Waals surface area contributed by atoms with Crippen molar-refractivity contribution >= 4 is 33.0 Å². The average molecular weight is 312 g/mol. The van der Waals surface area contributed by atoms with E-state index in [2.05, 4.69) is 20.9 Å². The minimum absolute atomic E-state index is 0.362. The Hall–Kier alpha value is -1.26. The summed E-state index contributed by atoms with van der Waals surface area (Å²) >= 11 is 9.22. The summed E-state index contributed by atoms with van der Waals surface area (Å²) in [7, 11) is 0. The molecule has 3 nitrogen and oxygen atoms in total. The molecule has 0 radical (unpaired) electrons. The second-order valence-electron chi connectivity index (χ2n) is 3.79. The summed E-state index contributed by atoms with van der Waals surface area (Å²) in [6, 6.07) is 7.58. The molecule has 0 saturated heterocycles. The van der Waals surface area contributed by atoms with Gasteiger partial charge in [0.2, 0.25) is 0 Å². The number of furan rings is 1. The summed E-state index contributed by atoms with van der Waals surface area (Å²) < 4.78 is 8.16. The van der Waals surface area contributed by atoms with E-state index in [1.54, 1.807) is 6.07 Å². The van der Waals surface area contributed by atoms with E-state index < -0.39 is 0 Å². The molecule has 5 heteroatoms. The number of hydrogen-bond donors (Lipinski definition) is 0. The van der Waals surface area contributed by atoms with Gasteiger partial charge in [0, 0.05) is 6.20 Å². The Morgan fingerprint density at radius 2 is 2.12 bits per heavy atom. The summed E-state index contributed by atoms with van der Waals surface area (Å²) in [5, 5.41) is 0.362. The van der Waals surface area contributed by atoms with Crippen molar-refractivity contribution in [2.24, 2.45) is 0 Å². The van der Waals surface area contributed by atoms with Gasteiger partial charge in [-0.3, -0.25) is 4.40 Å². The zero-order valence-electron chi connectivity index (χ0n) is 8.95. The summed E-state index contributed by atoms with van der Waals surface area (Å²) in [6.07, 6.45) is 2.01. The summed E-state index contributed by atoms with van der Waals surface area (Å²) in [4.78, 5) is 4.44. The van der Waals surface area contributed by atoms with E-state index >= 15 is 0 Å². The van der Waals surface area contributed by atoms with Crippen LogP contribution in [0.4, 0.5) is 0 Å². The average Bonchev–Trinajstić information content (AvgIpc) is 2.83. The highest BCUT2D eigenvalue weighted by Gasteiger charge is 2.13. The van der Waals surface area contributed by atoms with E-state index in [0.29, 0.717) is 11.0 Å². The first kappa shape index (κ1) is 10.9. The molecule has 0 aliphatic carbocycles. The summed E-state index contributed by atoms with van der Waals surface area (Å²) in [5.41, 5.74) is 2.15. The fourth-order valence-corrected chi connectivity index (χ4v) is 2.40. The maximum Gasteiger partial charge on any atom is 0.194 e. The second-order valence-corrected chi connectivity index (χ2v) is 4.92. The summed E-state index contributed by atoms with van der Waals surface area (Å²) in [5.74, 6) is 1.39. The number of halogens is 2. The third-order valence-electron chi connectivity index (χ3n) is 2.53. The van der Waals surface area contributed by atoms with Gasteiger partial charge in [0.1, 0.15) is 4.60 Å². The van der Waals surface area contributed by atoms with Gasteiger partial charge in [-0.05, 0) is 58.2 Å². The van der Waals surface area contributed by atoms with Crippen molar-refractivity contribution in [2.75, 3.05) is 0 Å². The molecule has 0 N–H and O–H groups in total. The number of aromatic nitrogens is 2. The Kier molecular flexibility index (Phi) is 2.49. The number of nitrogens with zero attached hydrogens (tertiary/aromatic N) is 2. The maximum atomic E-state index is 5.78. The van der Waals surface area contributed by atoms with Crippen LogP contribution in [0.1, 0.15) is 5.56 Å². The molecule has 0 atom stereocenters. The van der Waals surface area contributed by atoms with E-state index in [1.807, 2.05) is 35.7 Å². The predicted octanol–water partition coefficient (Wildman–Crippen LogP) is 4.32. The van der Waals surface area contributed by atoms with Crippen LogP contribution in [0.25, 0.3) is 17.1 Å². The van der Waals surface area contributed by atoms with Gasteiger partial charge in [-0.1, -0.05) is 6.07 Å². The molecule has 0 aromatic carbocycles. The number of fused-ring (bicyclic) bond motifs is 1. The van der Waals surface area contributed by atoms with Crippen LogP contribution < -0.4 is 0 Å². The SMILES string of the molecule is Cc1ccc2c(Br)nc(-c3ccc(Cl)o3)n2c1. The Balaban J connectivity index is 2.33. The lowest BCUT2D eigenvalue weighted by Gasteiger charge is -1.99. The third kappa shape index (κ3) is 1.77. The minimum Gasteiger partial charge on any atom is -0.441 e. The maximum absolute atomic E-state index is 5.78. The molecule has 3 rings (SSSR count). The molecule has 0 bridgehead atoms. The molecular formula is C12H8BrClN2O. The van der Waals surface area contributed by atoms with Crippen molar-refractivity contribution in [3.63, 3.8) is 0 Å². The van der Waals surface area contributed by atoms with Gasteiger partial charge < -0.3 is 4.42 Å². The number of pyridine rings is 1. The monoisotopic (exact) mass is 310 g/mol. The molecule has 0 unspecified atom stereocenters. The van der Waals surface area contributed by atoms with Crippen molar-refractivity contribution in [3.8, 4) is 11.6 Å². The van der Waals surface area contributed by atoms with Gasteiger partial charge in [-0.25, -0.2) is 4.98 Å². The topological polar surface area (TPSA) is 30.4 Å². The molecule has 0 spiro atoms. The highest BCUT2D eigenvalue weighted by molar-refractivity contribution is 9.10. The predicted molar refractivity (Wildman–Crippen MR) is 70.3 cm³/mol. The van der Waals surface area contributed by atoms with Crippen LogP contribution in [0.2, 0.25) is 5.22 Å². The lowest BCUT2D eigenvalue weighted by Crippen LogP contribution is -1.88. The smallest absolute Gasteiger partial charge is 0.194 e. The zero-order chi connectivity index (χ0) is 12.0. The molecule has 0 aliphatic heterocycles. The molecule has 3 aromatic rings. The number of imidazole rings is 1. The highest BCUT2D eigenvalue weighted by atomic mass is 79.9. The fourth-order valence-electron chi connectivity index (χ4n) is 1.76. The van der Waals surface area contributed by atoms with Crippen molar-refractivity contribution in [1.29, 1.82) is 0 Å². The summed E-state index contributed by atoms with van der Waals surface area (Å²) in [6.45, 7) is 2.03. The molecule has 0 fully saturated rings. The van der Waals surface area contributed by atoms with Crippen LogP contribution in [-0.2, 0) is 0 Å². The van der Waals surface area contributed by atoms with Crippen LogP contribution in [-0.4, -0.2) is 9.38 Å². The van der Waals surface area contributed by atoms with E-state index in [-0.39, 0.29) is 0 Å². The Bertz CT molecular complexity index is 702. The van der Waals surface area contributed by atoms with Crippen LogP contribution in [0.15, 0.2) is 39.5 Å². The molecule has 86 valence electrons. The van der Waals surface area contributed by atoms with E-state index in [4.69, 9.17) is 16.0 Å². The number of aryl methyl sites for hydroxylation is 1. The van der Waals surface area contributed by atoms with Gasteiger partial charge in [0.05, 0.1) is 5.52 Å². The lowest BCUT2D eigenvalue weighted by molar-refractivity contribution is 0.579. The quantitative estimate of drug-likeness (QED) is 0.670. The number of hydrogen-bond acceptors (Lipinski definition) is 2. The minimum atomic E-state index is 0.362. The van der Waals surface area contributed by atoms with Crippen molar-refractivity contribution in [2.45, 2.75) is 6.92 Å². The standard InChI is InChI=1S/C12H8BrClN2O/c1-7-2-3-8-11(13)15-12(16(8)6-7)9-4-5-10(14)17-9/h2-6H,1H3. The molecule has 3 aromatic heterocycles. The zero-order valence-corrected chi connectivity index (χ0v) is 11.3. The van der Waals surface area contributed by atoms with Gasteiger partial charge in [-0.2, -0.15) is 0 Å². The van der Waals surface area contributed by atoms with Gasteiger partial charge in [-0.15, -0.1) is 0 Å². The molecular weight excluding hydrogens is 304 g/mol. The van der Waals surface area contributed by atoms with Gasteiger partial charge >= 0.3 is 0 Å². The third-order valence-corrected chi connectivity index (χ3v) is 3.32. The fraction of sp³-hybridized carbons (Fsp3) is 0.0833. The van der Waals surface area contributed by atoms with E-state index in [9.17, 15) is 0 Å². The highest BCUT2D eigenvalue weighted by Crippen LogP contribution is 2.28. The van der Waals surface area contributed by atoms with Crippen molar-refractivity contribution in [1.82, 2.24) is 9.38 Å². The molecule has 0 amide bonds. The molecule has 17 heavy (non-hydrogen) atoms.